The normalized spacial score (nSPS) is 11.4. The van der Waals surface area contributed by atoms with E-state index in [2.05, 4.69) is 4.84 Å². The molecule has 2 aromatic carbocycles. The Bertz CT molecular complexity index is 900. The molecule has 0 aliphatic carbocycles. The van der Waals surface area contributed by atoms with E-state index in [9.17, 15) is 17.6 Å². The van der Waals surface area contributed by atoms with Gasteiger partial charge in [-0.2, -0.15) is 0 Å². The van der Waals surface area contributed by atoms with Crippen LogP contribution in [0.15, 0.2) is 47.4 Å². The molecule has 0 saturated heterocycles. The van der Waals surface area contributed by atoms with Gasteiger partial charge in [-0.25, -0.2) is 17.6 Å². The Kier molecular flexibility index (Phi) is 6.30. The van der Waals surface area contributed by atoms with Crippen molar-refractivity contribution in [1.29, 1.82) is 0 Å². The molecule has 0 radical (unpaired) electrons. The summed E-state index contributed by atoms with van der Waals surface area (Å²) in [5, 5.41) is 0. The van der Waals surface area contributed by atoms with Crippen molar-refractivity contribution in [3.63, 3.8) is 0 Å². The minimum Gasteiger partial charge on any atom is -0.494 e. The Morgan fingerprint density at radius 3 is 2.50 bits per heavy atom. The summed E-state index contributed by atoms with van der Waals surface area (Å²) in [4.78, 5) is 16.7. The molecule has 0 N–H and O–H groups in total. The second kappa shape index (κ2) is 8.26. The SMILES string of the molecule is COc1ccc(COC(=O)c2cccc(S(=O)(=O)N(C)OC)c2)cc1F. The molecule has 0 atom stereocenters. The molecule has 0 heterocycles. The molecule has 0 aromatic heterocycles. The highest BCUT2D eigenvalue weighted by molar-refractivity contribution is 7.89. The van der Waals surface area contributed by atoms with Gasteiger partial charge in [0.15, 0.2) is 11.6 Å². The van der Waals surface area contributed by atoms with Gasteiger partial charge in [-0.05, 0) is 35.9 Å². The summed E-state index contributed by atoms with van der Waals surface area (Å²) < 4.78 is 48.7. The molecule has 0 fully saturated rings. The molecule has 26 heavy (non-hydrogen) atoms. The van der Waals surface area contributed by atoms with Crippen molar-refractivity contribution in [3.8, 4) is 5.75 Å². The lowest BCUT2D eigenvalue weighted by atomic mass is 10.2. The number of rotatable bonds is 7. The Morgan fingerprint density at radius 1 is 1.15 bits per heavy atom. The van der Waals surface area contributed by atoms with Gasteiger partial charge in [0.1, 0.15) is 6.61 Å². The van der Waals surface area contributed by atoms with Crippen LogP contribution in [-0.2, 0) is 26.2 Å². The number of methoxy groups -OCH3 is 1. The largest absolute Gasteiger partial charge is 0.494 e. The number of nitrogens with zero attached hydrogens (tertiary/aromatic N) is 1. The number of halogens is 1. The second-order valence-electron chi connectivity index (χ2n) is 5.17. The van der Waals surface area contributed by atoms with E-state index in [-0.39, 0.29) is 22.8 Å². The van der Waals surface area contributed by atoms with Crippen molar-refractivity contribution < 1.29 is 31.9 Å². The Morgan fingerprint density at radius 2 is 1.88 bits per heavy atom. The number of sulfonamides is 1. The molecule has 0 unspecified atom stereocenters. The third-order valence-corrected chi connectivity index (χ3v) is 5.23. The number of carbonyl (C=O) groups excluding carboxylic acids is 1. The van der Waals surface area contributed by atoms with Crippen LogP contribution in [-0.4, -0.2) is 40.1 Å². The van der Waals surface area contributed by atoms with E-state index in [0.717, 1.165) is 0 Å². The van der Waals surface area contributed by atoms with Crippen LogP contribution in [0.3, 0.4) is 0 Å². The third-order valence-electron chi connectivity index (χ3n) is 3.55. The smallest absolute Gasteiger partial charge is 0.338 e. The van der Waals surface area contributed by atoms with Gasteiger partial charge in [0, 0.05) is 7.05 Å². The number of carbonyl (C=O) groups is 1. The topological polar surface area (TPSA) is 82.1 Å². The fraction of sp³-hybridized carbons (Fsp3) is 0.235. The molecule has 0 spiro atoms. The van der Waals surface area contributed by atoms with Gasteiger partial charge >= 0.3 is 5.97 Å². The first-order valence-electron chi connectivity index (χ1n) is 7.42. The lowest BCUT2D eigenvalue weighted by Crippen LogP contribution is -2.25. The first-order valence-corrected chi connectivity index (χ1v) is 8.86. The van der Waals surface area contributed by atoms with Crippen LogP contribution in [0.2, 0.25) is 0 Å². The summed E-state index contributed by atoms with van der Waals surface area (Å²) in [6.07, 6.45) is 0. The maximum absolute atomic E-state index is 13.6. The molecule has 2 rings (SSSR count). The maximum atomic E-state index is 13.6. The van der Waals surface area contributed by atoms with Gasteiger partial charge in [0.25, 0.3) is 10.0 Å². The predicted octanol–water partition coefficient (Wildman–Crippen LogP) is 2.37. The Hall–Kier alpha value is -2.49. The number of hydrogen-bond acceptors (Lipinski definition) is 6. The van der Waals surface area contributed by atoms with Gasteiger partial charge < -0.3 is 9.47 Å². The molecule has 0 saturated carbocycles. The average molecular weight is 383 g/mol. The molecule has 0 aliphatic heterocycles. The third kappa shape index (κ3) is 4.37. The van der Waals surface area contributed by atoms with Gasteiger partial charge in [0.2, 0.25) is 0 Å². The minimum atomic E-state index is -3.89. The Balaban J connectivity index is 2.13. The van der Waals surface area contributed by atoms with Crippen molar-refractivity contribution >= 4 is 16.0 Å². The van der Waals surface area contributed by atoms with E-state index in [1.54, 1.807) is 6.07 Å². The predicted molar refractivity (Wildman–Crippen MR) is 90.5 cm³/mol. The van der Waals surface area contributed by atoms with Crippen LogP contribution >= 0.6 is 0 Å². The summed E-state index contributed by atoms with van der Waals surface area (Å²) in [6, 6.07) is 9.53. The quantitative estimate of drug-likeness (QED) is 0.539. The molecule has 0 bridgehead atoms. The first-order chi connectivity index (χ1) is 12.3. The van der Waals surface area contributed by atoms with Crippen molar-refractivity contribution in [2.24, 2.45) is 0 Å². The molecule has 0 aliphatic rings. The zero-order chi connectivity index (χ0) is 19.3. The second-order valence-corrected chi connectivity index (χ2v) is 7.11. The van der Waals surface area contributed by atoms with Crippen molar-refractivity contribution in [3.05, 3.63) is 59.4 Å². The highest BCUT2D eigenvalue weighted by atomic mass is 32.2. The molecule has 9 heteroatoms. The van der Waals surface area contributed by atoms with Crippen LogP contribution in [0, 0.1) is 5.82 Å². The van der Waals surface area contributed by atoms with Gasteiger partial charge in [-0.3, -0.25) is 4.84 Å². The fourth-order valence-electron chi connectivity index (χ4n) is 2.06. The summed E-state index contributed by atoms with van der Waals surface area (Å²) >= 11 is 0. The number of benzene rings is 2. The van der Waals surface area contributed by atoms with Gasteiger partial charge in [-0.1, -0.05) is 16.6 Å². The highest BCUT2D eigenvalue weighted by Gasteiger charge is 2.22. The zero-order valence-electron chi connectivity index (χ0n) is 14.4. The van der Waals surface area contributed by atoms with E-state index in [1.807, 2.05) is 0 Å². The highest BCUT2D eigenvalue weighted by Crippen LogP contribution is 2.19. The van der Waals surface area contributed by atoms with Crippen LogP contribution < -0.4 is 4.74 Å². The van der Waals surface area contributed by atoms with Gasteiger partial charge in [0.05, 0.1) is 24.7 Å². The monoisotopic (exact) mass is 383 g/mol. The van der Waals surface area contributed by atoms with Crippen LogP contribution in [0.4, 0.5) is 4.39 Å². The molecule has 0 amide bonds. The van der Waals surface area contributed by atoms with Crippen molar-refractivity contribution in [2.75, 3.05) is 21.3 Å². The van der Waals surface area contributed by atoms with Crippen LogP contribution in [0.25, 0.3) is 0 Å². The van der Waals surface area contributed by atoms with E-state index in [1.165, 1.54) is 57.7 Å². The van der Waals surface area contributed by atoms with Gasteiger partial charge in [-0.15, -0.1) is 0 Å². The summed E-state index contributed by atoms with van der Waals surface area (Å²) in [7, 11) is -0.0916. The van der Waals surface area contributed by atoms with E-state index < -0.39 is 21.8 Å². The number of hydrogen-bond donors (Lipinski definition) is 0. The molecule has 140 valence electrons. The fourth-order valence-corrected chi connectivity index (χ4v) is 3.08. The summed E-state index contributed by atoms with van der Waals surface area (Å²) in [5.41, 5.74) is 0.476. The minimum absolute atomic E-state index is 0.0459. The standard InChI is InChI=1S/C17H18FNO6S/c1-19(24-3)26(21,22)14-6-4-5-13(10-14)17(20)25-11-12-7-8-16(23-2)15(18)9-12/h4-10H,11H2,1-3H3. The average Bonchev–Trinajstić information content (AvgIpc) is 2.65. The molecule has 7 nitrogen and oxygen atoms in total. The summed E-state index contributed by atoms with van der Waals surface area (Å²) in [6.45, 7) is -0.172. The molecule has 2 aromatic rings. The summed E-state index contributed by atoms with van der Waals surface area (Å²) in [5.74, 6) is -1.23. The van der Waals surface area contributed by atoms with Crippen molar-refractivity contribution in [1.82, 2.24) is 4.47 Å². The van der Waals surface area contributed by atoms with Crippen LogP contribution in [0.5, 0.6) is 5.75 Å². The number of ether oxygens (including phenoxy) is 2. The van der Waals surface area contributed by atoms with Crippen LogP contribution in [0.1, 0.15) is 15.9 Å². The van der Waals surface area contributed by atoms with E-state index in [0.29, 0.717) is 10.0 Å². The number of esters is 1. The van der Waals surface area contributed by atoms with E-state index >= 15 is 0 Å². The lowest BCUT2D eigenvalue weighted by Gasteiger charge is -2.14. The Labute approximate surface area is 150 Å². The van der Waals surface area contributed by atoms with E-state index in [4.69, 9.17) is 9.47 Å². The van der Waals surface area contributed by atoms with Crippen molar-refractivity contribution in [2.45, 2.75) is 11.5 Å². The molecular weight excluding hydrogens is 365 g/mol. The zero-order valence-corrected chi connectivity index (χ0v) is 15.2. The maximum Gasteiger partial charge on any atom is 0.338 e. The lowest BCUT2D eigenvalue weighted by molar-refractivity contribution is -0.0258. The number of hydroxylamine groups is 1. The molecular formula is C17H18FNO6S. The first kappa shape index (κ1) is 19.8.